The molecule has 1 atom stereocenters. The molecule has 0 spiro atoms. The smallest absolute Gasteiger partial charge is 0.263 e. The molecule has 0 fully saturated rings. The first kappa shape index (κ1) is 21.4. The molecule has 1 amide bonds. The molecule has 2 rings (SSSR count). The molecular weight excluding hydrogens is 384 g/mol. The van der Waals surface area contributed by atoms with E-state index in [0.717, 1.165) is 6.42 Å². The second kappa shape index (κ2) is 8.61. The van der Waals surface area contributed by atoms with Crippen LogP contribution >= 0.6 is 23.7 Å². The van der Waals surface area contributed by atoms with E-state index in [0.29, 0.717) is 12.1 Å². The number of aromatic nitrogens is 1. The molecule has 25 heavy (non-hydrogen) atoms. The third-order valence-electron chi connectivity index (χ3n) is 3.34. The molecule has 7 nitrogen and oxygen atoms in total. The van der Waals surface area contributed by atoms with Gasteiger partial charge in [0.15, 0.2) is 5.13 Å². The van der Waals surface area contributed by atoms with Crippen LogP contribution in [0, 0.1) is 0 Å². The number of hydrogen-bond acceptors (Lipinski definition) is 6. The van der Waals surface area contributed by atoms with Crippen molar-refractivity contribution in [1.29, 1.82) is 0 Å². The molecule has 0 aliphatic heterocycles. The number of hydrogen-bond donors (Lipinski definition) is 3. The number of thiazole rings is 1. The molecule has 1 heterocycles. The van der Waals surface area contributed by atoms with E-state index >= 15 is 0 Å². The normalized spacial score (nSPS) is 13.4. The van der Waals surface area contributed by atoms with Crippen molar-refractivity contribution in [2.75, 3.05) is 10.0 Å². The van der Waals surface area contributed by atoms with Crippen LogP contribution in [0.4, 0.5) is 10.8 Å². The number of nitrogens with zero attached hydrogens (tertiary/aromatic N) is 1. The van der Waals surface area contributed by atoms with Crippen LogP contribution in [0.2, 0.25) is 0 Å². The lowest BCUT2D eigenvalue weighted by molar-refractivity contribution is -0.120. The van der Waals surface area contributed by atoms with Crippen LogP contribution < -0.4 is 15.8 Å². The molecule has 10 heteroatoms. The second-order valence-corrected chi connectivity index (χ2v) is 8.17. The molecule has 0 aliphatic carbocycles. The zero-order valence-corrected chi connectivity index (χ0v) is 16.3. The van der Waals surface area contributed by atoms with Crippen LogP contribution in [0.3, 0.4) is 0 Å². The van der Waals surface area contributed by atoms with Gasteiger partial charge in [-0.3, -0.25) is 9.52 Å². The zero-order chi connectivity index (χ0) is 17.8. The number of nitrogens with two attached hydrogens (primary N) is 1. The van der Waals surface area contributed by atoms with Crippen LogP contribution in [-0.4, -0.2) is 24.8 Å². The van der Waals surface area contributed by atoms with Crippen molar-refractivity contribution in [2.24, 2.45) is 5.73 Å². The largest absolute Gasteiger partial charge is 0.324 e. The van der Waals surface area contributed by atoms with Crippen molar-refractivity contribution in [3.8, 4) is 0 Å². The van der Waals surface area contributed by atoms with Gasteiger partial charge in [-0.2, -0.15) is 0 Å². The molecular formula is C15H21ClN4O3S2. The molecule has 138 valence electrons. The Morgan fingerprint density at radius 2 is 2.12 bits per heavy atom. The summed E-state index contributed by atoms with van der Waals surface area (Å²) in [5.41, 5.74) is 5.34. The maximum absolute atomic E-state index is 12.4. The molecule has 2 aromatic rings. The van der Waals surface area contributed by atoms with E-state index in [9.17, 15) is 13.2 Å². The number of carbonyl (C=O) groups excluding carboxylic acids is 1. The Bertz CT molecular complexity index is 808. The highest BCUT2D eigenvalue weighted by Crippen LogP contribution is 2.21. The minimum absolute atomic E-state index is 0. The second-order valence-electron chi connectivity index (χ2n) is 5.59. The van der Waals surface area contributed by atoms with Gasteiger partial charge in [0, 0.05) is 17.3 Å². The predicted molar refractivity (Wildman–Crippen MR) is 103 cm³/mol. The van der Waals surface area contributed by atoms with Gasteiger partial charge in [0.2, 0.25) is 5.91 Å². The SMILES string of the molecule is CCCC(C)(N)C(=O)Nc1cccc(S(=O)(=O)Nc2nccs2)c1.Cl. The van der Waals surface area contributed by atoms with E-state index < -0.39 is 15.6 Å². The van der Waals surface area contributed by atoms with E-state index in [1.54, 1.807) is 24.4 Å². The molecule has 1 aromatic carbocycles. The maximum Gasteiger partial charge on any atom is 0.263 e. The quantitative estimate of drug-likeness (QED) is 0.656. The van der Waals surface area contributed by atoms with Gasteiger partial charge in [-0.25, -0.2) is 13.4 Å². The number of halogens is 1. The van der Waals surface area contributed by atoms with Crippen molar-refractivity contribution in [1.82, 2.24) is 4.98 Å². The summed E-state index contributed by atoms with van der Waals surface area (Å²) in [5.74, 6) is -0.355. The van der Waals surface area contributed by atoms with E-state index in [1.165, 1.54) is 29.7 Å². The number of sulfonamides is 1. The molecule has 0 saturated heterocycles. The van der Waals surface area contributed by atoms with Gasteiger partial charge in [-0.05, 0) is 31.5 Å². The average Bonchev–Trinajstić information content (AvgIpc) is 2.99. The van der Waals surface area contributed by atoms with E-state index in [4.69, 9.17) is 5.73 Å². The highest BCUT2D eigenvalue weighted by molar-refractivity contribution is 7.93. The number of rotatable bonds is 7. The minimum Gasteiger partial charge on any atom is -0.324 e. The molecule has 0 aliphatic rings. The number of nitrogens with one attached hydrogen (secondary N) is 2. The predicted octanol–water partition coefficient (Wildman–Crippen LogP) is 2.82. The van der Waals surface area contributed by atoms with Crippen molar-refractivity contribution >= 4 is 50.5 Å². The van der Waals surface area contributed by atoms with Crippen LogP contribution in [0.15, 0.2) is 40.7 Å². The zero-order valence-electron chi connectivity index (χ0n) is 13.9. The van der Waals surface area contributed by atoms with Gasteiger partial charge in [0.05, 0.1) is 10.4 Å². The summed E-state index contributed by atoms with van der Waals surface area (Å²) in [4.78, 5) is 16.2. The highest BCUT2D eigenvalue weighted by atomic mass is 35.5. The monoisotopic (exact) mass is 404 g/mol. The fourth-order valence-corrected chi connectivity index (χ4v) is 3.93. The van der Waals surface area contributed by atoms with E-state index in [-0.39, 0.29) is 28.3 Å². The first-order valence-electron chi connectivity index (χ1n) is 7.37. The van der Waals surface area contributed by atoms with Gasteiger partial charge < -0.3 is 11.1 Å². The Balaban J connectivity index is 0.00000312. The molecule has 1 unspecified atom stereocenters. The van der Waals surface area contributed by atoms with Crippen LogP contribution in [-0.2, 0) is 14.8 Å². The van der Waals surface area contributed by atoms with Gasteiger partial charge in [0.1, 0.15) is 0 Å². The van der Waals surface area contributed by atoms with Gasteiger partial charge >= 0.3 is 0 Å². The number of benzene rings is 1. The van der Waals surface area contributed by atoms with Gasteiger partial charge in [0.25, 0.3) is 10.0 Å². The number of amides is 1. The van der Waals surface area contributed by atoms with Crippen molar-refractivity contribution in [3.63, 3.8) is 0 Å². The molecule has 4 N–H and O–H groups in total. The fraction of sp³-hybridized carbons (Fsp3) is 0.333. The molecule has 1 aromatic heterocycles. The third kappa shape index (κ3) is 5.67. The average molecular weight is 405 g/mol. The Morgan fingerprint density at radius 3 is 2.72 bits per heavy atom. The van der Waals surface area contributed by atoms with E-state index in [1.807, 2.05) is 6.92 Å². The molecule has 0 saturated carbocycles. The van der Waals surface area contributed by atoms with Gasteiger partial charge in [-0.1, -0.05) is 19.4 Å². The summed E-state index contributed by atoms with van der Waals surface area (Å²) in [6.45, 7) is 3.59. The standard InChI is InChI=1S/C15H20N4O3S2.ClH/c1-3-7-15(2,16)13(20)18-11-5-4-6-12(10-11)24(21,22)19-14-17-8-9-23-14;/h4-6,8-10H,3,7,16H2,1-2H3,(H,17,19)(H,18,20);1H. The van der Waals surface area contributed by atoms with Gasteiger partial charge in [-0.15, -0.1) is 23.7 Å². The lowest BCUT2D eigenvalue weighted by Crippen LogP contribution is -2.48. The van der Waals surface area contributed by atoms with Crippen LogP contribution in [0.5, 0.6) is 0 Å². The first-order chi connectivity index (χ1) is 11.2. The summed E-state index contributed by atoms with van der Waals surface area (Å²) >= 11 is 1.18. The minimum atomic E-state index is -3.77. The Kier molecular flexibility index (Phi) is 7.36. The highest BCUT2D eigenvalue weighted by Gasteiger charge is 2.27. The Morgan fingerprint density at radius 1 is 1.40 bits per heavy atom. The lowest BCUT2D eigenvalue weighted by atomic mass is 9.96. The fourth-order valence-electron chi connectivity index (χ4n) is 2.10. The molecule has 0 radical (unpaired) electrons. The van der Waals surface area contributed by atoms with E-state index in [2.05, 4.69) is 15.0 Å². The molecule has 0 bridgehead atoms. The van der Waals surface area contributed by atoms with Crippen LogP contribution in [0.1, 0.15) is 26.7 Å². The number of anilines is 2. The maximum atomic E-state index is 12.4. The lowest BCUT2D eigenvalue weighted by Gasteiger charge is -2.23. The summed E-state index contributed by atoms with van der Waals surface area (Å²) in [6.07, 6.45) is 2.81. The summed E-state index contributed by atoms with van der Waals surface area (Å²) < 4.78 is 27.1. The summed E-state index contributed by atoms with van der Waals surface area (Å²) in [7, 11) is -3.77. The summed E-state index contributed by atoms with van der Waals surface area (Å²) in [6, 6.07) is 6.00. The Hall–Kier alpha value is -1.68. The Labute approximate surface area is 157 Å². The topological polar surface area (TPSA) is 114 Å². The number of carbonyl (C=O) groups is 1. The van der Waals surface area contributed by atoms with Crippen LogP contribution in [0.25, 0.3) is 0 Å². The van der Waals surface area contributed by atoms with Crippen molar-refractivity contribution in [2.45, 2.75) is 37.1 Å². The van der Waals surface area contributed by atoms with Crippen molar-refractivity contribution in [3.05, 3.63) is 35.8 Å². The third-order valence-corrected chi connectivity index (χ3v) is 5.50. The first-order valence-corrected chi connectivity index (χ1v) is 9.73. The van der Waals surface area contributed by atoms with Crippen molar-refractivity contribution < 1.29 is 13.2 Å². The summed E-state index contributed by atoms with van der Waals surface area (Å²) in [5, 5.41) is 4.62.